The lowest BCUT2D eigenvalue weighted by Crippen LogP contribution is -1.82. The summed E-state index contributed by atoms with van der Waals surface area (Å²) in [6.45, 7) is 0. The zero-order valence-corrected chi connectivity index (χ0v) is 7.94. The normalized spacial score (nSPS) is 10.6. The first kappa shape index (κ1) is 8.51. The molecule has 66 valence electrons. The number of benzene rings is 1. The van der Waals surface area contributed by atoms with Gasteiger partial charge in [-0.2, -0.15) is 0 Å². The van der Waals surface area contributed by atoms with E-state index < -0.39 is 0 Å². The van der Waals surface area contributed by atoms with Crippen LogP contribution in [-0.4, -0.2) is 11.2 Å². The molecule has 0 aliphatic rings. The van der Waals surface area contributed by atoms with E-state index in [1.54, 1.807) is 18.0 Å². The lowest BCUT2D eigenvalue weighted by atomic mass is 10.2. The molecule has 0 radical (unpaired) electrons. The Hall–Kier alpha value is -1.09. The second-order valence-electron chi connectivity index (χ2n) is 2.71. The van der Waals surface area contributed by atoms with Gasteiger partial charge in [-0.05, 0) is 18.4 Å². The SMILES string of the molecule is CSc1ccc2cncc(F)c2c1. The zero-order valence-electron chi connectivity index (χ0n) is 7.12. The van der Waals surface area contributed by atoms with E-state index in [1.165, 1.54) is 6.20 Å². The molecule has 0 N–H and O–H groups in total. The van der Waals surface area contributed by atoms with Crippen LogP contribution in [0.2, 0.25) is 0 Å². The van der Waals surface area contributed by atoms with Crippen molar-refractivity contribution in [2.45, 2.75) is 4.90 Å². The van der Waals surface area contributed by atoms with Gasteiger partial charge in [0.05, 0.1) is 6.20 Å². The molecule has 0 bridgehead atoms. The van der Waals surface area contributed by atoms with Crippen LogP contribution >= 0.6 is 11.8 Å². The lowest BCUT2D eigenvalue weighted by molar-refractivity contribution is 0.634. The molecule has 0 aliphatic carbocycles. The fourth-order valence-electron chi connectivity index (χ4n) is 1.23. The number of aromatic nitrogens is 1. The Morgan fingerprint density at radius 1 is 1.31 bits per heavy atom. The van der Waals surface area contributed by atoms with Crippen molar-refractivity contribution in [2.75, 3.05) is 6.26 Å². The standard InChI is InChI=1S/C10H8FNS/c1-13-8-3-2-7-5-12-6-10(11)9(7)4-8/h2-6H,1H3. The minimum absolute atomic E-state index is 0.256. The van der Waals surface area contributed by atoms with Crippen LogP contribution in [0.15, 0.2) is 35.5 Å². The number of thioether (sulfide) groups is 1. The smallest absolute Gasteiger partial charge is 0.149 e. The van der Waals surface area contributed by atoms with Crippen molar-refractivity contribution < 1.29 is 4.39 Å². The Kier molecular flexibility index (Phi) is 2.19. The second-order valence-corrected chi connectivity index (χ2v) is 3.59. The minimum Gasteiger partial charge on any atom is -0.261 e. The highest BCUT2D eigenvalue weighted by Crippen LogP contribution is 2.22. The van der Waals surface area contributed by atoms with Gasteiger partial charge in [0.25, 0.3) is 0 Å². The van der Waals surface area contributed by atoms with Gasteiger partial charge in [0.1, 0.15) is 5.82 Å². The van der Waals surface area contributed by atoms with Crippen molar-refractivity contribution in [3.05, 3.63) is 36.4 Å². The van der Waals surface area contributed by atoms with Crippen LogP contribution in [0.1, 0.15) is 0 Å². The van der Waals surface area contributed by atoms with Crippen LogP contribution < -0.4 is 0 Å². The van der Waals surface area contributed by atoms with Crippen molar-refractivity contribution in [2.24, 2.45) is 0 Å². The monoisotopic (exact) mass is 193 g/mol. The predicted octanol–water partition coefficient (Wildman–Crippen LogP) is 3.10. The highest BCUT2D eigenvalue weighted by Gasteiger charge is 2.00. The summed E-state index contributed by atoms with van der Waals surface area (Å²) < 4.78 is 13.2. The lowest BCUT2D eigenvalue weighted by Gasteiger charge is -2.00. The summed E-state index contributed by atoms with van der Waals surface area (Å²) in [4.78, 5) is 4.85. The Labute approximate surface area is 80.0 Å². The zero-order chi connectivity index (χ0) is 9.26. The molecule has 2 rings (SSSR count). The van der Waals surface area contributed by atoms with E-state index in [0.717, 1.165) is 10.3 Å². The van der Waals surface area contributed by atoms with Crippen LogP contribution in [0.3, 0.4) is 0 Å². The number of hydrogen-bond acceptors (Lipinski definition) is 2. The summed E-state index contributed by atoms with van der Waals surface area (Å²) in [6.07, 6.45) is 4.88. The van der Waals surface area contributed by atoms with E-state index in [0.29, 0.717) is 5.39 Å². The molecule has 1 nitrogen and oxygen atoms in total. The number of nitrogens with zero attached hydrogens (tertiary/aromatic N) is 1. The van der Waals surface area contributed by atoms with Gasteiger partial charge < -0.3 is 0 Å². The van der Waals surface area contributed by atoms with Crippen molar-refractivity contribution >= 4 is 22.5 Å². The summed E-state index contributed by atoms with van der Waals surface area (Å²) in [6, 6.07) is 5.70. The molecule has 2 aromatic rings. The molecule has 1 aromatic carbocycles. The third kappa shape index (κ3) is 1.52. The summed E-state index contributed by atoms with van der Waals surface area (Å²) in [5.41, 5.74) is 0. The fraction of sp³-hybridized carbons (Fsp3) is 0.100. The van der Waals surface area contributed by atoms with E-state index >= 15 is 0 Å². The summed E-state index contributed by atoms with van der Waals surface area (Å²) in [5.74, 6) is -0.256. The summed E-state index contributed by atoms with van der Waals surface area (Å²) in [7, 11) is 0. The molecular formula is C10H8FNS. The molecule has 13 heavy (non-hydrogen) atoms. The molecule has 0 saturated carbocycles. The molecule has 0 atom stereocenters. The maximum atomic E-state index is 13.2. The van der Waals surface area contributed by atoms with Crippen molar-refractivity contribution in [1.29, 1.82) is 0 Å². The molecule has 0 amide bonds. The molecule has 1 heterocycles. The number of fused-ring (bicyclic) bond motifs is 1. The molecule has 0 unspecified atom stereocenters. The van der Waals surface area contributed by atoms with E-state index in [-0.39, 0.29) is 5.82 Å². The first-order valence-electron chi connectivity index (χ1n) is 3.88. The molecular weight excluding hydrogens is 185 g/mol. The molecule has 1 aromatic heterocycles. The average Bonchev–Trinajstić information content (AvgIpc) is 2.18. The Bertz CT molecular complexity index is 442. The molecule has 0 aliphatic heterocycles. The summed E-state index contributed by atoms with van der Waals surface area (Å²) in [5, 5.41) is 1.49. The largest absolute Gasteiger partial charge is 0.261 e. The maximum Gasteiger partial charge on any atom is 0.149 e. The summed E-state index contributed by atoms with van der Waals surface area (Å²) >= 11 is 1.61. The third-order valence-corrected chi connectivity index (χ3v) is 2.64. The maximum absolute atomic E-state index is 13.2. The third-order valence-electron chi connectivity index (χ3n) is 1.92. The van der Waals surface area contributed by atoms with Crippen molar-refractivity contribution in [3.8, 4) is 0 Å². The van der Waals surface area contributed by atoms with E-state index in [4.69, 9.17) is 0 Å². The fourth-order valence-corrected chi connectivity index (χ4v) is 1.67. The highest BCUT2D eigenvalue weighted by atomic mass is 32.2. The minimum atomic E-state index is -0.256. The van der Waals surface area contributed by atoms with E-state index in [9.17, 15) is 4.39 Å². The van der Waals surface area contributed by atoms with Gasteiger partial charge >= 0.3 is 0 Å². The van der Waals surface area contributed by atoms with Crippen LogP contribution in [0, 0.1) is 5.82 Å². The van der Waals surface area contributed by atoms with Gasteiger partial charge in [-0.3, -0.25) is 4.98 Å². The average molecular weight is 193 g/mol. The van der Waals surface area contributed by atoms with Gasteiger partial charge in [-0.25, -0.2) is 4.39 Å². The molecule has 0 saturated heterocycles. The Morgan fingerprint density at radius 3 is 2.92 bits per heavy atom. The number of hydrogen-bond donors (Lipinski definition) is 0. The quantitative estimate of drug-likeness (QED) is 0.645. The molecule has 0 fully saturated rings. The molecule has 0 spiro atoms. The highest BCUT2D eigenvalue weighted by molar-refractivity contribution is 7.98. The molecule has 3 heteroatoms. The second kappa shape index (κ2) is 3.34. The topological polar surface area (TPSA) is 12.9 Å². The van der Waals surface area contributed by atoms with E-state index in [2.05, 4.69) is 4.98 Å². The van der Waals surface area contributed by atoms with Gasteiger partial charge in [-0.1, -0.05) is 6.07 Å². The first-order chi connectivity index (χ1) is 6.31. The first-order valence-corrected chi connectivity index (χ1v) is 5.11. The van der Waals surface area contributed by atoms with Crippen LogP contribution in [0.5, 0.6) is 0 Å². The van der Waals surface area contributed by atoms with Gasteiger partial charge in [-0.15, -0.1) is 11.8 Å². The number of pyridine rings is 1. The van der Waals surface area contributed by atoms with Crippen molar-refractivity contribution in [3.63, 3.8) is 0 Å². The van der Waals surface area contributed by atoms with Crippen LogP contribution in [-0.2, 0) is 0 Å². The van der Waals surface area contributed by atoms with Gasteiger partial charge in [0.15, 0.2) is 0 Å². The Morgan fingerprint density at radius 2 is 2.15 bits per heavy atom. The number of halogens is 1. The van der Waals surface area contributed by atoms with Crippen molar-refractivity contribution in [1.82, 2.24) is 4.98 Å². The Balaban J connectivity index is 2.74. The van der Waals surface area contributed by atoms with Gasteiger partial charge in [0, 0.05) is 21.9 Å². The van der Waals surface area contributed by atoms with Crippen LogP contribution in [0.25, 0.3) is 10.8 Å². The van der Waals surface area contributed by atoms with Crippen LogP contribution in [0.4, 0.5) is 4.39 Å². The van der Waals surface area contributed by atoms with Gasteiger partial charge in [0.2, 0.25) is 0 Å². The van der Waals surface area contributed by atoms with E-state index in [1.807, 2.05) is 24.5 Å². The predicted molar refractivity (Wildman–Crippen MR) is 53.5 cm³/mol. The number of rotatable bonds is 1.